The maximum atomic E-state index is 12.6. The number of hydrogen-bond acceptors (Lipinski definition) is 4. The zero-order valence-corrected chi connectivity index (χ0v) is 9.68. The SMILES string of the molecule is O=C1CCC(n2cc([N+](=O)[O-])c(C(F)(F)F)n2)CC1. The van der Waals surface area contributed by atoms with E-state index in [2.05, 4.69) is 5.10 Å². The second-order valence-corrected chi connectivity index (χ2v) is 4.37. The Hall–Kier alpha value is -1.93. The van der Waals surface area contributed by atoms with Crippen LogP contribution in [0.25, 0.3) is 0 Å². The lowest BCUT2D eigenvalue weighted by Crippen LogP contribution is -2.19. The van der Waals surface area contributed by atoms with Crippen LogP contribution in [0.2, 0.25) is 0 Å². The minimum atomic E-state index is -4.86. The third kappa shape index (κ3) is 2.74. The molecule has 1 aromatic rings. The molecule has 104 valence electrons. The molecule has 2 rings (SSSR count). The summed E-state index contributed by atoms with van der Waals surface area (Å²) in [6.45, 7) is 0. The van der Waals surface area contributed by atoms with Crippen LogP contribution >= 0.6 is 0 Å². The maximum absolute atomic E-state index is 12.6. The highest BCUT2D eigenvalue weighted by atomic mass is 19.4. The van der Waals surface area contributed by atoms with Crippen molar-refractivity contribution in [1.29, 1.82) is 0 Å². The maximum Gasteiger partial charge on any atom is 0.442 e. The fourth-order valence-electron chi connectivity index (χ4n) is 2.09. The summed E-state index contributed by atoms with van der Waals surface area (Å²) >= 11 is 0. The minimum absolute atomic E-state index is 0.0500. The van der Waals surface area contributed by atoms with Crippen molar-refractivity contribution in [3.8, 4) is 0 Å². The second-order valence-electron chi connectivity index (χ2n) is 4.37. The molecule has 0 bridgehead atoms. The molecule has 19 heavy (non-hydrogen) atoms. The number of alkyl halides is 3. The quantitative estimate of drug-likeness (QED) is 0.614. The normalized spacial score (nSPS) is 17.7. The highest BCUT2D eigenvalue weighted by molar-refractivity contribution is 5.79. The van der Waals surface area contributed by atoms with Crippen LogP contribution in [-0.2, 0) is 11.0 Å². The van der Waals surface area contributed by atoms with Gasteiger partial charge in [-0.25, -0.2) is 0 Å². The molecule has 0 N–H and O–H groups in total. The molecular weight excluding hydrogens is 267 g/mol. The van der Waals surface area contributed by atoms with Gasteiger partial charge < -0.3 is 0 Å². The molecule has 1 aliphatic carbocycles. The monoisotopic (exact) mass is 277 g/mol. The molecule has 1 saturated carbocycles. The molecule has 1 fully saturated rings. The molecule has 0 atom stereocenters. The van der Waals surface area contributed by atoms with Gasteiger partial charge in [0.15, 0.2) is 0 Å². The Kier molecular flexibility index (Phi) is 3.29. The second kappa shape index (κ2) is 4.63. The molecular formula is C10H10F3N3O3. The van der Waals surface area contributed by atoms with E-state index < -0.39 is 28.5 Å². The van der Waals surface area contributed by atoms with Crippen LogP contribution in [0.3, 0.4) is 0 Å². The highest BCUT2D eigenvalue weighted by Crippen LogP contribution is 2.36. The van der Waals surface area contributed by atoms with Crippen LogP contribution in [-0.4, -0.2) is 20.5 Å². The first-order valence-corrected chi connectivity index (χ1v) is 5.61. The van der Waals surface area contributed by atoms with Crippen LogP contribution in [0.4, 0.5) is 18.9 Å². The Bertz CT molecular complexity index is 514. The largest absolute Gasteiger partial charge is 0.442 e. The Morgan fingerprint density at radius 2 is 1.95 bits per heavy atom. The van der Waals surface area contributed by atoms with Gasteiger partial charge in [-0.3, -0.25) is 19.6 Å². The van der Waals surface area contributed by atoms with Crippen molar-refractivity contribution in [2.24, 2.45) is 0 Å². The number of hydrogen-bond donors (Lipinski definition) is 0. The van der Waals surface area contributed by atoms with Gasteiger partial charge >= 0.3 is 11.9 Å². The predicted octanol–water partition coefficient (Wildman–Crippen LogP) is 2.49. The molecule has 0 unspecified atom stereocenters. The zero-order valence-electron chi connectivity index (χ0n) is 9.68. The summed E-state index contributed by atoms with van der Waals surface area (Å²) < 4.78 is 38.8. The first-order chi connectivity index (χ1) is 8.79. The van der Waals surface area contributed by atoms with E-state index in [9.17, 15) is 28.1 Å². The Labute approximate surface area is 105 Å². The number of halogens is 3. The van der Waals surface area contributed by atoms with Gasteiger partial charge in [0.2, 0.25) is 5.69 Å². The molecule has 0 amide bonds. The number of nitro groups is 1. The summed E-state index contributed by atoms with van der Waals surface area (Å²) in [4.78, 5) is 20.6. The lowest BCUT2D eigenvalue weighted by Gasteiger charge is -2.20. The smallest absolute Gasteiger partial charge is 0.300 e. The topological polar surface area (TPSA) is 78.0 Å². The first kappa shape index (κ1) is 13.5. The standard InChI is InChI=1S/C10H10F3N3O3/c11-10(12,13)9-8(16(18)19)5-15(14-9)6-1-3-7(17)4-2-6/h5-6H,1-4H2. The molecule has 1 aliphatic rings. The average molecular weight is 277 g/mol. The number of nitrogens with zero attached hydrogens (tertiary/aromatic N) is 3. The van der Waals surface area contributed by atoms with E-state index in [-0.39, 0.29) is 18.6 Å². The van der Waals surface area contributed by atoms with E-state index in [1.54, 1.807) is 0 Å². The average Bonchev–Trinajstić information content (AvgIpc) is 2.74. The molecule has 0 aromatic carbocycles. The zero-order chi connectivity index (χ0) is 14.2. The minimum Gasteiger partial charge on any atom is -0.300 e. The number of carbonyl (C=O) groups excluding carboxylic acids is 1. The lowest BCUT2D eigenvalue weighted by atomic mass is 9.95. The van der Waals surface area contributed by atoms with Crippen molar-refractivity contribution >= 4 is 11.5 Å². The summed E-state index contributed by atoms with van der Waals surface area (Å²) in [5.41, 5.74) is -2.54. The van der Waals surface area contributed by atoms with Gasteiger partial charge in [-0.1, -0.05) is 0 Å². The van der Waals surface area contributed by atoms with E-state index in [4.69, 9.17) is 0 Å². The van der Waals surface area contributed by atoms with Crippen LogP contribution < -0.4 is 0 Å². The van der Waals surface area contributed by atoms with Crippen molar-refractivity contribution < 1.29 is 22.9 Å². The Balaban J connectivity index is 2.33. The molecule has 1 heterocycles. The Morgan fingerprint density at radius 3 is 2.37 bits per heavy atom. The van der Waals surface area contributed by atoms with Gasteiger partial charge in [-0.2, -0.15) is 18.3 Å². The van der Waals surface area contributed by atoms with Crippen molar-refractivity contribution in [2.75, 3.05) is 0 Å². The summed E-state index contributed by atoms with van der Waals surface area (Å²) in [5, 5.41) is 13.9. The third-order valence-electron chi connectivity index (χ3n) is 3.06. The van der Waals surface area contributed by atoms with Crippen molar-refractivity contribution in [1.82, 2.24) is 9.78 Å². The van der Waals surface area contributed by atoms with E-state index >= 15 is 0 Å². The van der Waals surface area contributed by atoms with Crippen LogP contribution in [0.5, 0.6) is 0 Å². The molecule has 0 radical (unpaired) electrons. The van der Waals surface area contributed by atoms with Gasteiger partial charge in [0.1, 0.15) is 12.0 Å². The molecule has 0 saturated heterocycles. The van der Waals surface area contributed by atoms with Crippen LogP contribution in [0.15, 0.2) is 6.20 Å². The van der Waals surface area contributed by atoms with Crippen molar-refractivity contribution in [2.45, 2.75) is 37.9 Å². The van der Waals surface area contributed by atoms with Gasteiger partial charge in [0.05, 0.1) is 11.0 Å². The number of Topliss-reactive ketones (excluding diaryl/α,β-unsaturated/α-hetero) is 1. The summed E-state index contributed by atoms with van der Waals surface area (Å²) in [6, 6.07) is -0.396. The number of ketones is 1. The van der Waals surface area contributed by atoms with Crippen molar-refractivity contribution in [3.05, 3.63) is 22.0 Å². The summed E-state index contributed by atoms with van der Waals surface area (Å²) in [7, 11) is 0. The molecule has 6 nitrogen and oxygen atoms in total. The molecule has 0 spiro atoms. The van der Waals surface area contributed by atoms with Crippen LogP contribution in [0, 0.1) is 10.1 Å². The van der Waals surface area contributed by atoms with Crippen molar-refractivity contribution in [3.63, 3.8) is 0 Å². The van der Waals surface area contributed by atoms with Gasteiger partial charge in [-0.05, 0) is 12.8 Å². The van der Waals surface area contributed by atoms with E-state index in [0.29, 0.717) is 12.8 Å². The van der Waals surface area contributed by atoms with Gasteiger partial charge in [0.25, 0.3) is 0 Å². The molecule has 0 aliphatic heterocycles. The number of rotatable bonds is 2. The fraction of sp³-hybridized carbons (Fsp3) is 0.600. The van der Waals surface area contributed by atoms with E-state index in [0.717, 1.165) is 10.9 Å². The van der Waals surface area contributed by atoms with E-state index in [1.165, 1.54) is 0 Å². The lowest BCUT2D eigenvalue weighted by molar-refractivity contribution is -0.388. The Morgan fingerprint density at radius 1 is 1.37 bits per heavy atom. The summed E-state index contributed by atoms with van der Waals surface area (Å²) in [6.07, 6.45) is -2.83. The number of aromatic nitrogens is 2. The predicted molar refractivity (Wildman–Crippen MR) is 56.4 cm³/mol. The van der Waals surface area contributed by atoms with Gasteiger partial charge in [0, 0.05) is 12.8 Å². The first-order valence-electron chi connectivity index (χ1n) is 5.61. The molecule has 9 heteroatoms. The van der Waals surface area contributed by atoms with Gasteiger partial charge in [-0.15, -0.1) is 0 Å². The highest BCUT2D eigenvalue weighted by Gasteiger charge is 2.43. The summed E-state index contributed by atoms with van der Waals surface area (Å²) in [5.74, 6) is 0.0500. The van der Waals surface area contributed by atoms with Crippen LogP contribution in [0.1, 0.15) is 37.4 Å². The molecule has 1 aromatic heterocycles. The number of carbonyl (C=O) groups is 1. The third-order valence-corrected chi connectivity index (χ3v) is 3.06. The fourth-order valence-corrected chi connectivity index (χ4v) is 2.09. The van der Waals surface area contributed by atoms with E-state index in [1.807, 2.05) is 0 Å².